The van der Waals surface area contributed by atoms with Crippen LogP contribution in [0.15, 0.2) is 0 Å². The summed E-state index contributed by atoms with van der Waals surface area (Å²) in [4.78, 5) is 22.4. The number of hydrogen-bond acceptors (Lipinski definition) is 2. The molecule has 0 aliphatic carbocycles. The molecule has 0 N–H and O–H groups in total. The second kappa shape index (κ2) is 2.05. The van der Waals surface area contributed by atoms with Crippen molar-refractivity contribution >= 4 is 11.8 Å². The van der Waals surface area contributed by atoms with Crippen LogP contribution in [0.5, 0.6) is 0 Å². The van der Waals surface area contributed by atoms with Crippen molar-refractivity contribution in [2.75, 3.05) is 20.1 Å². The second-order valence-corrected chi connectivity index (χ2v) is 1.91. The van der Waals surface area contributed by atoms with E-state index in [1.54, 1.807) is 7.05 Å². The molecule has 1 aliphatic rings. The van der Waals surface area contributed by atoms with E-state index >= 15 is 0 Å². The van der Waals surface area contributed by atoms with E-state index in [0.717, 1.165) is 0 Å². The number of nitrogens with zero attached hydrogens (tertiary/aromatic N) is 2. The first-order valence-corrected chi connectivity index (χ1v) is 2.69. The van der Waals surface area contributed by atoms with Gasteiger partial charge in [0.1, 0.15) is 0 Å². The molecule has 0 unspecified atom stereocenters. The van der Waals surface area contributed by atoms with Crippen LogP contribution in [0.2, 0.25) is 0 Å². The number of amides is 2. The molecule has 0 aromatic carbocycles. The number of likely N-dealkylation sites (N-methyl/N-ethyl adjacent to an activating group) is 1. The van der Waals surface area contributed by atoms with Gasteiger partial charge in [0, 0.05) is 13.6 Å². The molecular formula is C5H7N2O2. The first kappa shape index (κ1) is 6.07. The molecule has 2 amide bonds. The number of carbonyl (C=O) groups is 2. The van der Waals surface area contributed by atoms with Crippen molar-refractivity contribution in [2.24, 2.45) is 0 Å². The number of carbonyl (C=O) groups excluding carboxylic acids is 2. The third-order valence-electron chi connectivity index (χ3n) is 1.22. The van der Waals surface area contributed by atoms with Crippen LogP contribution in [0.3, 0.4) is 0 Å². The van der Waals surface area contributed by atoms with E-state index in [-0.39, 0.29) is 0 Å². The summed E-state index contributed by atoms with van der Waals surface area (Å²) < 4.78 is 0. The van der Waals surface area contributed by atoms with Crippen LogP contribution in [0.25, 0.3) is 0 Å². The Hall–Kier alpha value is -1.06. The lowest BCUT2D eigenvalue weighted by Gasteiger charge is -2.19. The van der Waals surface area contributed by atoms with E-state index in [0.29, 0.717) is 13.1 Å². The van der Waals surface area contributed by atoms with Gasteiger partial charge in [-0.15, -0.1) is 0 Å². The lowest BCUT2D eigenvalue weighted by Crippen LogP contribution is -2.46. The van der Waals surface area contributed by atoms with Crippen molar-refractivity contribution in [1.29, 1.82) is 0 Å². The highest BCUT2D eigenvalue weighted by Crippen LogP contribution is 1.90. The highest BCUT2D eigenvalue weighted by Gasteiger charge is 2.23. The van der Waals surface area contributed by atoms with Gasteiger partial charge >= 0.3 is 11.8 Å². The predicted molar refractivity (Wildman–Crippen MR) is 29.6 cm³/mol. The first-order valence-electron chi connectivity index (χ1n) is 2.69. The number of rotatable bonds is 0. The summed E-state index contributed by atoms with van der Waals surface area (Å²) in [6, 6.07) is 0. The molecule has 9 heavy (non-hydrogen) atoms. The Morgan fingerprint density at radius 1 is 1.56 bits per heavy atom. The zero-order chi connectivity index (χ0) is 6.85. The maximum absolute atomic E-state index is 10.6. The van der Waals surface area contributed by atoms with Crippen LogP contribution >= 0.6 is 0 Å². The SMILES string of the molecule is CN1CC[N]C(=O)C1=O. The van der Waals surface area contributed by atoms with Crippen molar-refractivity contribution in [3.8, 4) is 0 Å². The molecule has 1 aliphatic heterocycles. The quantitative estimate of drug-likeness (QED) is 0.375. The van der Waals surface area contributed by atoms with Crippen molar-refractivity contribution in [2.45, 2.75) is 0 Å². The fraction of sp³-hybridized carbons (Fsp3) is 0.600. The standard InChI is InChI=1S/C5H7N2O2/c1-7-3-2-6-4(8)5(7)9/h2-3H2,1H3. The van der Waals surface area contributed by atoms with Gasteiger partial charge < -0.3 is 4.90 Å². The molecule has 49 valence electrons. The summed E-state index contributed by atoms with van der Waals surface area (Å²) in [5.41, 5.74) is 0. The lowest BCUT2D eigenvalue weighted by atomic mass is 10.4. The monoisotopic (exact) mass is 127 g/mol. The molecular weight excluding hydrogens is 120 g/mol. The van der Waals surface area contributed by atoms with E-state index < -0.39 is 11.8 Å². The maximum Gasteiger partial charge on any atom is 0.330 e. The first-order chi connectivity index (χ1) is 4.22. The minimum absolute atomic E-state index is 0.446. The summed E-state index contributed by atoms with van der Waals surface area (Å²) in [5.74, 6) is -1.12. The summed E-state index contributed by atoms with van der Waals surface area (Å²) in [6.07, 6.45) is 0. The number of piperazine rings is 1. The Bertz CT molecular complexity index is 155. The van der Waals surface area contributed by atoms with Gasteiger partial charge in [-0.1, -0.05) is 0 Å². The van der Waals surface area contributed by atoms with Crippen LogP contribution < -0.4 is 5.32 Å². The van der Waals surface area contributed by atoms with E-state index in [9.17, 15) is 9.59 Å². The molecule has 4 nitrogen and oxygen atoms in total. The van der Waals surface area contributed by atoms with Gasteiger partial charge in [0.25, 0.3) is 0 Å². The zero-order valence-electron chi connectivity index (χ0n) is 5.13. The Morgan fingerprint density at radius 3 is 2.67 bits per heavy atom. The summed E-state index contributed by atoms with van der Waals surface area (Å²) >= 11 is 0. The van der Waals surface area contributed by atoms with Gasteiger partial charge in [-0.25, -0.2) is 5.32 Å². The second-order valence-electron chi connectivity index (χ2n) is 1.91. The van der Waals surface area contributed by atoms with Gasteiger partial charge in [-0.05, 0) is 0 Å². The van der Waals surface area contributed by atoms with Crippen LogP contribution in [0, 0.1) is 0 Å². The van der Waals surface area contributed by atoms with Crippen molar-refractivity contribution in [1.82, 2.24) is 10.2 Å². The van der Waals surface area contributed by atoms with Crippen molar-refractivity contribution < 1.29 is 9.59 Å². The van der Waals surface area contributed by atoms with E-state index in [4.69, 9.17) is 0 Å². The molecule has 4 heteroatoms. The molecule has 0 atom stereocenters. The van der Waals surface area contributed by atoms with Gasteiger partial charge in [0.2, 0.25) is 0 Å². The van der Waals surface area contributed by atoms with Crippen LogP contribution in [0.4, 0.5) is 0 Å². The van der Waals surface area contributed by atoms with Crippen LogP contribution in [-0.2, 0) is 9.59 Å². The van der Waals surface area contributed by atoms with Gasteiger partial charge in [0.15, 0.2) is 0 Å². The average Bonchev–Trinajstić information content (AvgIpc) is 1.83. The topological polar surface area (TPSA) is 51.5 Å². The predicted octanol–water partition coefficient (Wildman–Crippen LogP) is -1.41. The molecule has 1 heterocycles. The van der Waals surface area contributed by atoms with Gasteiger partial charge in [-0.3, -0.25) is 9.59 Å². The van der Waals surface area contributed by atoms with Crippen molar-refractivity contribution in [3.05, 3.63) is 0 Å². The molecule has 1 fully saturated rings. The zero-order valence-corrected chi connectivity index (χ0v) is 5.13. The Morgan fingerprint density at radius 2 is 2.22 bits per heavy atom. The van der Waals surface area contributed by atoms with Crippen LogP contribution in [0.1, 0.15) is 0 Å². The molecule has 1 rings (SSSR count). The largest absolute Gasteiger partial charge is 0.336 e. The van der Waals surface area contributed by atoms with Gasteiger partial charge in [0.05, 0.1) is 6.54 Å². The Labute approximate surface area is 52.8 Å². The minimum Gasteiger partial charge on any atom is -0.336 e. The van der Waals surface area contributed by atoms with E-state index in [1.807, 2.05) is 0 Å². The third-order valence-corrected chi connectivity index (χ3v) is 1.22. The molecule has 0 saturated carbocycles. The highest BCUT2D eigenvalue weighted by molar-refractivity contribution is 6.35. The Balaban J connectivity index is 2.62. The third kappa shape index (κ3) is 1.01. The van der Waals surface area contributed by atoms with Gasteiger partial charge in [-0.2, -0.15) is 0 Å². The minimum atomic E-state index is -0.622. The Kier molecular flexibility index (Phi) is 1.38. The lowest BCUT2D eigenvalue weighted by molar-refractivity contribution is -0.147. The molecule has 0 aromatic heterocycles. The summed E-state index contributed by atoms with van der Waals surface area (Å²) in [6.45, 7) is 1.01. The molecule has 1 saturated heterocycles. The molecule has 0 aromatic rings. The van der Waals surface area contributed by atoms with Crippen molar-refractivity contribution in [3.63, 3.8) is 0 Å². The molecule has 0 spiro atoms. The maximum atomic E-state index is 10.6. The fourth-order valence-electron chi connectivity index (χ4n) is 0.634. The number of hydrogen-bond donors (Lipinski definition) is 0. The van der Waals surface area contributed by atoms with E-state index in [1.165, 1.54) is 4.90 Å². The average molecular weight is 127 g/mol. The smallest absolute Gasteiger partial charge is 0.330 e. The summed E-state index contributed by atoms with van der Waals surface area (Å²) in [7, 11) is 1.59. The summed E-state index contributed by atoms with van der Waals surface area (Å²) in [5, 5.41) is 3.43. The normalized spacial score (nSPS) is 19.9. The fourth-order valence-corrected chi connectivity index (χ4v) is 0.634. The highest BCUT2D eigenvalue weighted by atomic mass is 16.2. The van der Waals surface area contributed by atoms with E-state index in [2.05, 4.69) is 5.32 Å². The van der Waals surface area contributed by atoms with Crippen LogP contribution in [-0.4, -0.2) is 36.9 Å². The molecule has 0 bridgehead atoms. The molecule has 1 radical (unpaired) electrons.